The van der Waals surface area contributed by atoms with Gasteiger partial charge >= 0.3 is 0 Å². The van der Waals surface area contributed by atoms with Crippen molar-refractivity contribution in [1.29, 1.82) is 0 Å². The number of rotatable bonds is 5. The second-order valence-corrected chi connectivity index (χ2v) is 4.96. The standard InChI is InChI=1S/C14H22N4O2/c1-10(18(4)9-13(19)17(2)3)14(20)16-12-8-6-5-7-11(12)15/h5-8,10H,9,15H2,1-4H3,(H,16,20). The highest BCUT2D eigenvalue weighted by Gasteiger charge is 2.21. The number of nitrogen functional groups attached to an aromatic ring is 1. The maximum Gasteiger partial charge on any atom is 0.241 e. The Morgan fingerprint density at radius 2 is 1.85 bits per heavy atom. The van der Waals surface area contributed by atoms with Crippen molar-refractivity contribution in [3.8, 4) is 0 Å². The van der Waals surface area contributed by atoms with E-state index in [1.165, 1.54) is 4.90 Å². The van der Waals surface area contributed by atoms with Crippen molar-refractivity contribution in [1.82, 2.24) is 9.80 Å². The van der Waals surface area contributed by atoms with Crippen LogP contribution in [0.4, 0.5) is 11.4 Å². The first-order valence-corrected chi connectivity index (χ1v) is 6.38. The maximum atomic E-state index is 12.1. The van der Waals surface area contributed by atoms with Crippen LogP contribution in [0, 0.1) is 0 Å². The molecule has 1 unspecified atom stereocenters. The van der Waals surface area contributed by atoms with Gasteiger partial charge in [-0.15, -0.1) is 0 Å². The molecule has 0 saturated heterocycles. The van der Waals surface area contributed by atoms with Crippen molar-refractivity contribution in [3.63, 3.8) is 0 Å². The first kappa shape index (κ1) is 16.0. The lowest BCUT2D eigenvalue weighted by molar-refractivity contribution is -0.131. The van der Waals surface area contributed by atoms with E-state index in [2.05, 4.69) is 5.32 Å². The SMILES string of the molecule is CC(C(=O)Nc1ccccc1N)N(C)CC(=O)N(C)C. The van der Waals surface area contributed by atoms with E-state index < -0.39 is 6.04 Å². The highest BCUT2D eigenvalue weighted by molar-refractivity contribution is 5.97. The maximum absolute atomic E-state index is 12.1. The number of benzene rings is 1. The third-order valence-electron chi connectivity index (χ3n) is 3.14. The molecule has 0 aliphatic carbocycles. The van der Waals surface area contributed by atoms with Crippen molar-refractivity contribution in [2.75, 3.05) is 38.7 Å². The molecule has 6 heteroatoms. The molecule has 1 aromatic rings. The first-order chi connectivity index (χ1) is 9.32. The molecule has 1 atom stereocenters. The predicted octanol–water partition coefficient (Wildman–Crippen LogP) is 0.616. The summed E-state index contributed by atoms with van der Waals surface area (Å²) in [5.41, 5.74) is 6.87. The molecule has 0 saturated carbocycles. The summed E-state index contributed by atoms with van der Waals surface area (Å²) < 4.78 is 0. The molecule has 0 aliphatic heterocycles. The summed E-state index contributed by atoms with van der Waals surface area (Å²) in [6, 6.07) is 6.63. The van der Waals surface area contributed by atoms with E-state index in [0.717, 1.165) is 0 Å². The zero-order chi connectivity index (χ0) is 15.3. The fourth-order valence-corrected chi connectivity index (χ4v) is 1.54. The number of anilines is 2. The average Bonchev–Trinajstić information content (AvgIpc) is 2.40. The Hall–Kier alpha value is -2.08. The van der Waals surface area contributed by atoms with Crippen LogP contribution in [0.3, 0.4) is 0 Å². The van der Waals surface area contributed by atoms with Crippen LogP contribution >= 0.6 is 0 Å². The number of amides is 2. The number of hydrogen-bond donors (Lipinski definition) is 2. The van der Waals surface area contributed by atoms with Crippen LogP contribution in [-0.4, -0.2) is 55.3 Å². The highest BCUT2D eigenvalue weighted by atomic mass is 16.2. The van der Waals surface area contributed by atoms with Crippen molar-refractivity contribution < 1.29 is 9.59 Å². The van der Waals surface area contributed by atoms with Crippen LogP contribution in [0.25, 0.3) is 0 Å². The average molecular weight is 278 g/mol. The Morgan fingerprint density at radius 1 is 1.25 bits per heavy atom. The Labute approximate surface area is 119 Å². The summed E-state index contributed by atoms with van der Waals surface area (Å²) >= 11 is 0. The van der Waals surface area contributed by atoms with Gasteiger partial charge in [0, 0.05) is 14.1 Å². The predicted molar refractivity (Wildman–Crippen MR) is 80.3 cm³/mol. The van der Waals surface area contributed by atoms with Crippen LogP contribution in [0.1, 0.15) is 6.92 Å². The number of carbonyl (C=O) groups excluding carboxylic acids is 2. The Morgan fingerprint density at radius 3 is 2.40 bits per heavy atom. The third kappa shape index (κ3) is 4.24. The molecular formula is C14H22N4O2. The first-order valence-electron chi connectivity index (χ1n) is 6.38. The van der Waals surface area contributed by atoms with Crippen molar-refractivity contribution >= 4 is 23.2 Å². The second kappa shape index (κ2) is 6.91. The fraction of sp³-hybridized carbons (Fsp3) is 0.429. The van der Waals surface area contributed by atoms with E-state index in [4.69, 9.17) is 5.73 Å². The molecular weight excluding hydrogens is 256 g/mol. The van der Waals surface area contributed by atoms with Gasteiger partial charge in [0.05, 0.1) is 24.0 Å². The van der Waals surface area contributed by atoms with Crippen LogP contribution in [-0.2, 0) is 9.59 Å². The fourth-order valence-electron chi connectivity index (χ4n) is 1.54. The molecule has 0 aliphatic rings. The lowest BCUT2D eigenvalue weighted by Gasteiger charge is -2.24. The Kier molecular flexibility index (Phi) is 5.52. The number of para-hydroxylation sites is 2. The number of carbonyl (C=O) groups is 2. The minimum atomic E-state index is -0.432. The van der Waals surface area contributed by atoms with Crippen molar-refractivity contribution in [3.05, 3.63) is 24.3 Å². The molecule has 0 radical (unpaired) electrons. The van der Waals surface area contributed by atoms with E-state index >= 15 is 0 Å². The van der Waals surface area contributed by atoms with Gasteiger partial charge in [0.15, 0.2) is 0 Å². The summed E-state index contributed by atoms with van der Waals surface area (Å²) in [5, 5.41) is 2.76. The number of hydrogen-bond acceptors (Lipinski definition) is 4. The Balaban J connectivity index is 2.63. The van der Waals surface area contributed by atoms with Gasteiger partial charge in [0.25, 0.3) is 0 Å². The molecule has 2 amide bonds. The van der Waals surface area contributed by atoms with Crippen molar-refractivity contribution in [2.24, 2.45) is 0 Å². The molecule has 1 aromatic carbocycles. The molecule has 3 N–H and O–H groups in total. The van der Waals surface area contributed by atoms with Crippen LogP contribution in [0.2, 0.25) is 0 Å². The van der Waals surface area contributed by atoms with Crippen LogP contribution in [0.5, 0.6) is 0 Å². The molecule has 0 spiro atoms. The lowest BCUT2D eigenvalue weighted by Crippen LogP contribution is -2.44. The monoisotopic (exact) mass is 278 g/mol. The minimum absolute atomic E-state index is 0.0497. The Bertz CT molecular complexity index is 488. The van der Waals surface area contributed by atoms with Crippen LogP contribution < -0.4 is 11.1 Å². The number of nitrogens with zero attached hydrogens (tertiary/aromatic N) is 2. The van der Waals surface area contributed by atoms with Gasteiger partial charge < -0.3 is 16.0 Å². The van der Waals surface area contributed by atoms with Gasteiger partial charge in [-0.2, -0.15) is 0 Å². The van der Waals surface area contributed by atoms with Gasteiger partial charge in [-0.1, -0.05) is 12.1 Å². The van der Waals surface area contributed by atoms with Crippen LogP contribution in [0.15, 0.2) is 24.3 Å². The van der Waals surface area contributed by atoms with Gasteiger partial charge in [-0.25, -0.2) is 0 Å². The summed E-state index contributed by atoms with van der Waals surface area (Å²) in [5.74, 6) is -0.247. The molecule has 0 bridgehead atoms. The summed E-state index contributed by atoms with van der Waals surface area (Å²) in [4.78, 5) is 26.9. The molecule has 20 heavy (non-hydrogen) atoms. The van der Waals surface area contributed by atoms with Gasteiger partial charge in [0.2, 0.25) is 11.8 Å². The molecule has 0 aromatic heterocycles. The molecule has 1 rings (SSSR count). The smallest absolute Gasteiger partial charge is 0.241 e. The largest absolute Gasteiger partial charge is 0.397 e. The summed E-state index contributed by atoms with van der Waals surface area (Å²) in [6.45, 7) is 1.93. The van der Waals surface area contributed by atoms with E-state index in [1.807, 2.05) is 0 Å². The summed E-state index contributed by atoms with van der Waals surface area (Å²) in [7, 11) is 5.11. The topological polar surface area (TPSA) is 78.7 Å². The summed E-state index contributed by atoms with van der Waals surface area (Å²) in [6.07, 6.45) is 0. The molecule has 0 fully saturated rings. The second-order valence-electron chi connectivity index (χ2n) is 4.96. The normalized spacial score (nSPS) is 12.1. The quantitative estimate of drug-likeness (QED) is 0.774. The van der Waals surface area contributed by atoms with E-state index in [0.29, 0.717) is 11.4 Å². The highest BCUT2D eigenvalue weighted by Crippen LogP contribution is 2.17. The van der Waals surface area contributed by atoms with Crippen molar-refractivity contribution in [2.45, 2.75) is 13.0 Å². The zero-order valence-electron chi connectivity index (χ0n) is 12.4. The third-order valence-corrected chi connectivity index (χ3v) is 3.14. The number of nitrogens with two attached hydrogens (primary N) is 1. The number of nitrogens with one attached hydrogen (secondary N) is 1. The molecule has 6 nitrogen and oxygen atoms in total. The molecule has 0 heterocycles. The molecule has 110 valence electrons. The van der Waals surface area contributed by atoms with E-state index in [9.17, 15) is 9.59 Å². The lowest BCUT2D eigenvalue weighted by atomic mass is 10.2. The van der Waals surface area contributed by atoms with Gasteiger partial charge in [-0.3, -0.25) is 14.5 Å². The number of likely N-dealkylation sites (N-methyl/N-ethyl adjacent to an activating group) is 2. The zero-order valence-corrected chi connectivity index (χ0v) is 12.4. The van der Waals surface area contributed by atoms with E-state index in [1.54, 1.807) is 57.2 Å². The van der Waals surface area contributed by atoms with Gasteiger partial charge in [0.1, 0.15) is 0 Å². The van der Waals surface area contributed by atoms with Gasteiger partial charge in [-0.05, 0) is 26.1 Å². The minimum Gasteiger partial charge on any atom is -0.397 e. The van der Waals surface area contributed by atoms with E-state index in [-0.39, 0.29) is 18.4 Å².